The summed E-state index contributed by atoms with van der Waals surface area (Å²) in [6.45, 7) is 4.12. The molecule has 1 aromatic carbocycles. The van der Waals surface area contributed by atoms with Crippen LogP contribution in [-0.4, -0.2) is 55.3 Å². The summed E-state index contributed by atoms with van der Waals surface area (Å²) in [5, 5.41) is 18.3. The summed E-state index contributed by atoms with van der Waals surface area (Å²) < 4.78 is 0.740. The molecule has 1 aromatic rings. The minimum atomic E-state index is -1.43. The van der Waals surface area contributed by atoms with Crippen molar-refractivity contribution in [1.29, 1.82) is 0 Å². The topological polar surface area (TPSA) is 46.9 Å². The molecule has 0 aromatic heterocycles. The van der Waals surface area contributed by atoms with Gasteiger partial charge in [-0.2, -0.15) is 0 Å². The second-order valence-electron chi connectivity index (χ2n) is 4.37. The highest BCUT2D eigenvalue weighted by molar-refractivity contribution is 9.10. The average Bonchev–Trinajstić information content (AvgIpc) is 2.29. The first-order valence-corrected chi connectivity index (χ1v) is 6.46. The highest BCUT2D eigenvalue weighted by Crippen LogP contribution is 2.20. The van der Waals surface area contributed by atoms with Crippen LogP contribution in [0.3, 0.4) is 0 Å². The molecule has 92 valence electrons. The van der Waals surface area contributed by atoms with E-state index in [9.17, 15) is 0 Å². The van der Waals surface area contributed by atoms with E-state index in [4.69, 9.17) is 10.0 Å². The van der Waals surface area contributed by atoms with Crippen molar-refractivity contribution in [3.05, 3.63) is 22.7 Å². The van der Waals surface area contributed by atoms with Gasteiger partial charge in [-0.1, -0.05) is 22.0 Å². The maximum absolute atomic E-state index is 9.15. The van der Waals surface area contributed by atoms with E-state index >= 15 is 0 Å². The fraction of sp³-hybridized carbons (Fsp3) is 0.455. The average molecular weight is 299 g/mol. The lowest BCUT2D eigenvalue weighted by Crippen LogP contribution is -2.44. The van der Waals surface area contributed by atoms with Gasteiger partial charge >= 0.3 is 7.12 Å². The van der Waals surface area contributed by atoms with Crippen LogP contribution in [-0.2, 0) is 0 Å². The second-order valence-corrected chi connectivity index (χ2v) is 5.22. The van der Waals surface area contributed by atoms with Gasteiger partial charge in [0.1, 0.15) is 0 Å². The molecule has 0 unspecified atom stereocenters. The zero-order valence-corrected chi connectivity index (χ0v) is 11.4. The van der Waals surface area contributed by atoms with E-state index in [1.165, 1.54) is 0 Å². The summed E-state index contributed by atoms with van der Waals surface area (Å²) >= 11 is 3.37. The van der Waals surface area contributed by atoms with Gasteiger partial charge in [0.15, 0.2) is 0 Å². The first-order valence-electron chi connectivity index (χ1n) is 5.67. The van der Waals surface area contributed by atoms with Gasteiger partial charge in [0.2, 0.25) is 0 Å². The van der Waals surface area contributed by atoms with Gasteiger partial charge < -0.3 is 19.8 Å². The molecule has 0 aliphatic carbocycles. The van der Waals surface area contributed by atoms with Crippen LogP contribution in [0.5, 0.6) is 0 Å². The number of piperazine rings is 1. The molecule has 1 fully saturated rings. The second kappa shape index (κ2) is 5.39. The van der Waals surface area contributed by atoms with E-state index in [1.54, 1.807) is 6.07 Å². The quantitative estimate of drug-likeness (QED) is 0.748. The standard InChI is InChI=1S/C11H16BBrN2O2/c1-14-4-6-15(7-5-14)9-2-3-10(12(16)17)11(13)8-9/h2-3,8,16-17H,4-7H2,1H3. The zero-order valence-electron chi connectivity index (χ0n) is 9.80. The van der Waals surface area contributed by atoms with Crippen molar-refractivity contribution < 1.29 is 10.0 Å². The molecule has 2 N–H and O–H groups in total. The van der Waals surface area contributed by atoms with E-state index in [2.05, 4.69) is 32.8 Å². The molecule has 1 aliphatic rings. The number of likely N-dealkylation sites (N-methyl/N-ethyl adjacent to an activating group) is 1. The minimum Gasteiger partial charge on any atom is -0.423 e. The highest BCUT2D eigenvalue weighted by atomic mass is 79.9. The molecule has 0 amide bonds. The van der Waals surface area contributed by atoms with Crippen molar-refractivity contribution in [1.82, 2.24) is 4.90 Å². The molecular weight excluding hydrogens is 283 g/mol. The predicted molar refractivity (Wildman–Crippen MR) is 73.7 cm³/mol. The van der Waals surface area contributed by atoms with Crippen LogP contribution in [0.1, 0.15) is 0 Å². The normalized spacial score (nSPS) is 17.3. The molecule has 4 nitrogen and oxygen atoms in total. The molecule has 1 aliphatic heterocycles. The SMILES string of the molecule is CN1CCN(c2ccc(B(O)O)c(Br)c2)CC1. The first kappa shape index (κ1) is 12.9. The zero-order chi connectivity index (χ0) is 12.4. The fourth-order valence-corrected chi connectivity index (χ4v) is 2.56. The Balaban J connectivity index is 2.14. The van der Waals surface area contributed by atoms with Crippen LogP contribution in [0.2, 0.25) is 0 Å². The van der Waals surface area contributed by atoms with E-state index in [1.807, 2.05) is 12.1 Å². The van der Waals surface area contributed by atoms with Gasteiger partial charge in [-0.3, -0.25) is 0 Å². The summed E-state index contributed by atoms with van der Waals surface area (Å²) in [5.41, 5.74) is 1.62. The number of anilines is 1. The van der Waals surface area contributed by atoms with Crippen molar-refractivity contribution in [2.45, 2.75) is 0 Å². The lowest BCUT2D eigenvalue weighted by Gasteiger charge is -2.34. The van der Waals surface area contributed by atoms with Crippen LogP contribution in [0.25, 0.3) is 0 Å². The predicted octanol–water partition coefficient (Wildman–Crippen LogP) is -0.119. The number of halogens is 1. The van der Waals surface area contributed by atoms with Crippen molar-refractivity contribution in [3.8, 4) is 0 Å². The van der Waals surface area contributed by atoms with Gasteiger partial charge in [-0.05, 0) is 24.6 Å². The van der Waals surface area contributed by atoms with E-state index < -0.39 is 7.12 Å². The Morgan fingerprint density at radius 2 is 1.82 bits per heavy atom. The molecule has 2 rings (SSSR count). The van der Waals surface area contributed by atoms with Gasteiger partial charge in [0, 0.05) is 36.3 Å². The summed E-state index contributed by atoms with van der Waals surface area (Å²) in [5.74, 6) is 0. The lowest BCUT2D eigenvalue weighted by atomic mass is 9.80. The largest absolute Gasteiger partial charge is 0.489 e. The minimum absolute atomic E-state index is 0.503. The summed E-state index contributed by atoms with van der Waals surface area (Å²) in [6, 6.07) is 5.63. The van der Waals surface area contributed by atoms with Crippen molar-refractivity contribution in [3.63, 3.8) is 0 Å². The van der Waals surface area contributed by atoms with Gasteiger partial charge in [-0.15, -0.1) is 0 Å². The van der Waals surface area contributed by atoms with Crippen LogP contribution < -0.4 is 10.4 Å². The van der Waals surface area contributed by atoms with E-state index in [0.29, 0.717) is 5.46 Å². The lowest BCUT2D eigenvalue weighted by molar-refractivity contribution is 0.313. The van der Waals surface area contributed by atoms with E-state index in [-0.39, 0.29) is 0 Å². The van der Waals surface area contributed by atoms with Gasteiger partial charge in [0.05, 0.1) is 0 Å². The number of benzene rings is 1. The molecule has 1 saturated heterocycles. The highest BCUT2D eigenvalue weighted by Gasteiger charge is 2.18. The van der Waals surface area contributed by atoms with Crippen molar-refractivity contribution in [2.24, 2.45) is 0 Å². The Bertz CT molecular complexity index is 395. The van der Waals surface area contributed by atoms with Crippen LogP contribution in [0, 0.1) is 0 Å². The molecule has 0 atom stereocenters. The van der Waals surface area contributed by atoms with Gasteiger partial charge in [-0.25, -0.2) is 0 Å². The van der Waals surface area contributed by atoms with Crippen LogP contribution in [0.15, 0.2) is 22.7 Å². The number of rotatable bonds is 2. The smallest absolute Gasteiger partial charge is 0.423 e. The third-order valence-corrected chi connectivity index (χ3v) is 3.82. The van der Waals surface area contributed by atoms with E-state index in [0.717, 1.165) is 36.3 Å². The Kier molecular flexibility index (Phi) is 4.09. The number of hydrogen-bond donors (Lipinski definition) is 2. The molecule has 0 bridgehead atoms. The van der Waals surface area contributed by atoms with Crippen molar-refractivity contribution in [2.75, 3.05) is 38.1 Å². The Morgan fingerprint density at radius 1 is 1.18 bits per heavy atom. The molecular formula is C11H16BBrN2O2. The number of nitrogens with zero attached hydrogens (tertiary/aromatic N) is 2. The molecule has 0 saturated carbocycles. The fourth-order valence-electron chi connectivity index (χ4n) is 1.99. The summed E-state index contributed by atoms with van der Waals surface area (Å²) in [7, 11) is 0.698. The summed E-state index contributed by atoms with van der Waals surface area (Å²) in [4.78, 5) is 4.61. The molecule has 6 heteroatoms. The maximum Gasteiger partial charge on any atom is 0.489 e. The number of hydrogen-bond acceptors (Lipinski definition) is 4. The first-order chi connectivity index (χ1) is 8.08. The van der Waals surface area contributed by atoms with Crippen LogP contribution in [0.4, 0.5) is 5.69 Å². The Morgan fingerprint density at radius 3 is 2.35 bits per heavy atom. The third kappa shape index (κ3) is 3.01. The van der Waals surface area contributed by atoms with Crippen LogP contribution >= 0.6 is 15.9 Å². The summed E-state index contributed by atoms with van der Waals surface area (Å²) in [6.07, 6.45) is 0. The maximum atomic E-state index is 9.15. The Labute approximate surface area is 110 Å². The Hall–Kier alpha value is -0.555. The third-order valence-electron chi connectivity index (χ3n) is 3.13. The van der Waals surface area contributed by atoms with Crippen molar-refractivity contribution >= 4 is 34.2 Å². The van der Waals surface area contributed by atoms with Gasteiger partial charge in [0.25, 0.3) is 0 Å². The molecule has 0 radical (unpaired) electrons. The molecule has 17 heavy (non-hydrogen) atoms. The molecule has 0 spiro atoms. The molecule has 1 heterocycles. The monoisotopic (exact) mass is 298 g/mol.